The van der Waals surface area contributed by atoms with Gasteiger partial charge in [0, 0.05) is 24.9 Å². The highest BCUT2D eigenvalue weighted by molar-refractivity contribution is 5.29. The Morgan fingerprint density at radius 3 is 3.14 bits per heavy atom. The van der Waals surface area contributed by atoms with Crippen molar-refractivity contribution in [1.82, 2.24) is 10.3 Å². The second kappa shape index (κ2) is 6.34. The van der Waals surface area contributed by atoms with Crippen molar-refractivity contribution in [2.75, 3.05) is 20.3 Å². The minimum atomic E-state index is 0.223. The maximum atomic E-state index is 8.59. The molecule has 0 saturated heterocycles. The molecule has 0 aliphatic rings. The predicted molar refractivity (Wildman–Crippen MR) is 54.2 cm³/mol. The number of methoxy groups -OCH3 is 1. The Bertz CT molecular complexity index is 266. The molecular formula is C10H16N2O2. The largest absolute Gasteiger partial charge is 0.495 e. The highest BCUT2D eigenvalue weighted by atomic mass is 16.5. The van der Waals surface area contributed by atoms with Gasteiger partial charge in [-0.3, -0.25) is 4.98 Å². The fourth-order valence-electron chi connectivity index (χ4n) is 1.17. The van der Waals surface area contributed by atoms with E-state index in [4.69, 9.17) is 9.84 Å². The van der Waals surface area contributed by atoms with Gasteiger partial charge in [-0.25, -0.2) is 0 Å². The summed E-state index contributed by atoms with van der Waals surface area (Å²) < 4.78 is 5.15. The molecule has 1 heterocycles. The lowest BCUT2D eigenvalue weighted by molar-refractivity contribution is 0.286. The normalized spacial score (nSPS) is 10.1. The molecule has 78 valence electrons. The Morgan fingerprint density at radius 2 is 2.43 bits per heavy atom. The summed E-state index contributed by atoms with van der Waals surface area (Å²) in [5, 5.41) is 11.8. The van der Waals surface area contributed by atoms with E-state index < -0.39 is 0 Å². The number of ether oxygens (including phenoxy) is 1. The number of aromatic nitrogens is 1. The first-order valence-corrected chi connectivity index (χ1v) is 4.67. The van der Waals surface area contributed by atoms with Crippen LogP contribution in [0.25, 0.3) is 0 Å². The molecule has 0 radical (unpaired) electrons. The Kier molecular flexibility index (Phi) is 4.96. The highest BCUT2D eigenvalue weighted by Gasteiger charge is 2.00. The lowest BCUT2D eigenvalue weighted by atomic mass is 10.2. The molecule has 0 amide bonds. The molecule has 4 nitrogen and oxygen atoms in total. The van der Waals surface area contributed by atoms with E-state index in [1.807, 2.05) is 6.07 Å². The summed E-state index contributed by atoms with van der Waals surface area (Å²) in [5.74, 6) is 0.795. The molecule has 0 aliphatic heterocycles. The quantitative estimate of drug-likeness (QED) is 0.653. The van der Waals surface area contributed by atoms with Crippen LogP contribution < -0.4 is 10.1 Å². The Morgan fingerprint density at radius 1 is 1.57 bits per heavy atom. The second-order valence-electron chi connectivity index (χ2n) is 2.94. The first-order chi connectivity index (χ1) is 6.88. The number of hydrogen-bond acceptors (Lipinski definition) is 4. The standard InChI is InChI=1S/C10H16N2O2/c1-14-10-8-12-5-3-9(10)7-11-4-2-6-13/h3,5,8,11,13H,2,4,6-7H2,1H3. The van der Waals surface area contributed by atoms with Gasteiger partial charge >= 0.3 is 0 Å². The second-order valence-corrected chi connectivity index (χ2v) is 2.94. The van der Waals surface area contributed by atoms with E-state index in [2.05, 4.69) is 10.3 Å². The van der Waals surface area contributed by atoms with E-state index >= 15 is 0 Å². The zero-order valence-electron chi connectivity index (χ0n) is 8.36. The smallest absolute Gasteiger partial charge is 0.141 e. The van der Waals surface area contributed by atoms with Crippen LogP contribution in [0.1, 0.15) is 12.0 Å². The molecule has 4 heteroatoms. The first-order valence-electron chi connectivity index (χ1n) is 4.67. The van der Waals surface area contributed by atoms with Gasteiger partial charge in [0.2, 0.25) is 0 Å². The number of hydrogen-bond donors (Lipinski definition) is 2. The third-order valence-corrected chi connectivity index (χ3v) is 1.92. The van der Waals surface area contributed by atoms with Crippen LogP contribution in [0.2, 0.25) is 0 Å². The Hall–Kier alpha value is -1.13. The van der Waals surface area contributed by atoms with E-state index in [-0.39, 0.29) is 6.61 Å². The summed E-state index contributed by atoms with van der Waals surface area (Å²) in [6, 6.07) is 1.92. The summed E-state index contributed by atoms with van der Waals surface area (Å²) in [6.45, 7) is 1.77. The molecule has 14 heavy (non-hydrogen) atoms. The van der Waals surface area contributed by atoms with Crippen LogP contribution in [0.15, 0.2) is 18.5 Å². The molecular weight excluding hydrogens is 180 g/mol. The van der Waals surface area contributed by atoms with Gasteiger partial charge in [-0.15, -0.1) is 0 Å². The fraction of sp³-hybridized carbons (Fsp3) is 0.500. The molecule has 0 aliphatic carbocycles. The molecule has 0 bridgehead atoms. The van der Waals surface area contributed by atoms with Crippen LogP contribution in [0.5, 0.6) is 5.75 Å². The van der Waals surface area contributed by atoms with Crippen molar-refractivity contribution >= 4 is 0 Å². The van der Waals surface area contributed by atoms with Crippen molar-refractivity contribution < 1.29 is 9.84 Å². The van der Waals surface area contributed by atoms with Crippen molar-refractivity contribution in [2.45, 2.75) is 13.0 Å². The number of rotatable bonds is 6. The van der Waals surface area contributed by atoms with Gasteiger partial charge in [0.05, 0.1) is 13.3 Å². The van der Waals surface area contributed by atoms with Gasteiger partial charge in [-0.05, 0) is 19.0 Å². The topological polar surface area (TPSA) is 54.4 Å². The number of aliphatic hydroxyl groups is 1. The van der Waals surface area contributed by atoms with E-state index in [9.17, 15) is 0 Å². The van der Waals surface area contributed by atoms with Crippen LogP contribution in [0.4, 0.5) is 0 Å². The Labute approximate surface area is 83.9 Å². The van der Waals surface area contributed by atoms with Crippen molar-refractivity contribution in [2.24, 2.45) is 0 Å². The van der Waals surface area contributed by atoms with Crippen LogP contribution in [-0.4, -0.2) is 30.4 Å². The molecule has 0 unspecified atom stereocenters. The molecule has 1 aromatic heterocycles. The van der Waals surface area contributed by atoms with Gasteiger partial charge in [-0.2, -0.15) is 0 Å². The average molecular weight is 196 g/mol. The molecule has 0 atom stereocenters. The number of aliphatic hydroxyl groups excluding tert-OH is 1. The molecule has 0 saturated carbocycles. The summed E-state index contributed by atoms with van der Waals surface area (Å²) >= 11 is 0. The maximum Gasteiger partial charge on any atom is 0.141 e. The number of pyridine rings is 1. The van der Waals surface area contributed by atoms with Crippen molar-refractivity contribution in [3.63, 3.8) is 0 Å². The summed E-state index contributed by atoms with van der Waals surface area (Å²) in [6.07, 6.45) is 4.21. The van der Waals surface area contributed by atoms with Gasteiger partial charge < -0.3 is 15.2 Å². The molecule has 0 spiro atoms. The summed E-state index contributed by atoms with van der Waals surface area (Å²) in [5.41, 5.74) is 1.08. The van der Waals surface area contributed by atoms with Crippen molar-refractivity contribution in [3.05, 3.63) is 24.0 Å². The number of nitrogens with one attached hydrogen (secondary N) is 1. The van der Waals surface area contributed by atoms with Crippen LogP contribution in [0.3, 0.4) is 0 Å². The Balaban J connectivity index is 2.41. The van der Waals surface area contributed by atoms with E-state index in [1.54, 1.807) is 19.5 Å². The fourth-order valence-corrected chi connectivity index (χ4v) is 1.17. The molecule has 2 N–H and O–H groups in total. The maximum absolute atomic E-state index is 8.59. The molecule has 0 aromatic carbocycles. The van der Waals surface area contributed by atoms with E-state index in [0.717, 1.165) is 30.8 Å². The SMILES string of the molecule is COc1cnccc1CNCCCO. The van der Waals surface area contributed by atoms with Crippen LogP contribution >= 0.6 is 0 Å². The van der Waals surface area contributed by atoms with Crippen molar-refractivity contribution in [3.8, 4) is 5.75 Å². The van der Waals surface area contributed by atoms with E-state index in [0.29, 0.717) is 0 Å². The highest BCUT2D eigenvalue weighted by Crippen LogP contribution is 2.14. The number of nitrogens with zero attached hydrogens (tertiary/aromatic N) is 1. The summed E-state index contributed by atoms with van der Waals surface area (Å²) in [4.78, 5) is 3.97. The molecule has 1 aromatic rings. The van der Waals surface area contributed by atoms with Gasteiger partial charge in [0.1, 0.15) is 5.75 Å². The van der Waals surface area contributed by atoms with Crippen LogP contribution in [-0.2, 0) is 6.54 Å². The third-order valence-electron chi connectivity index (χ3n) is 1.92. The molecule has 1 rings (SSSR count). The van der Waals surface area contributed by atoms with E-state index in [1.165, 1.54) is 0 Å². The monoisotopic (exact) mass is 196 g/mol. The molecule has 0 fully saturated rings. The predicted octanol–water partition coefficient (Wildman–Crippen LogP) is 0.562. The average Bonchev–Trinajstić information content (AvgIpc) is 2.25. The van der Waals surface area contributed by atoms with Crippen LogP contribution in [0, 0.1) is 0 Å². The lowest BCUT2D eigenvalue weighted by Crippen LogP contribution is -2.16. The first kappa shape index (κ1) is 10.9. The zero-order chi connectivity index (χ0) is 10.2. The lowest BCUT2D eigenvalue weighted by Gasteiger charge is -2.08. The minimum Gasteiger partial charge on any atom is -0.495 e. The van der Waals surface area contributed by atoms with Gasteiger partial charge in [0.15, 0.2) is 0 Å². The van der Waals surface area contributed by atoms with Crippen molar-refractivity contribution in [1.29, 1.82) is 0 Å². The minimum absolute atomic E-state index is 0.223. The third kappa shape index (κ3) is 3.32. The zero-order valence-corrected chi connectivity index (χ0v) is 8.36. The van der Waals surface area contributed by atoms with Gasteiger partial charge in [0.25, 0.3) is 0 Å². The van der Waals surface area contributed by atoms with Gasteiger partial charge in [-0.1, -0.05) is 0 Å². The summed E-state index contributed by atoms with van der Waals surface area (Å²) in [7, 11) is 1.63.